The number of thiophene rings is 1. The average Bonchev–Trinajstić information content (AvgIpc) is 4.05. The van der Waals surface area contributed by atoms with Gasteiger partial charge in [0.1, 0.15) is 18.0 Å². The van der Waals surface area contributed by atoms with Crippen LogP contribution in [0.1, 0.15) is 0 Å². The smallest absolute Gasteiger partial charge is 0.145 e. The standard InChI is InChI=1S/C54H35N7S/c1-3-13-39(14-4-1)60-47-20-10-8-18-45(47)57-53(60)37-25-31-42(32-26-37)59(41-29-23-36(24-30-41)50-52-51(56-35-55-50)44-17-7-12-22-49(44)62-52)43-33-27-38(28-34-43)54-58-46-19-9-11-21-48(46)61(54)40-15-5-2-6-16-40/h1-35H. The Morgan fingerprint density at radius 3 is 1.39 bits per heavy atom. The zero-order valence-electron chi connectivity index (χ0n) is 33.2. The molecule has 4 heterocycles. The normalized spacial score (nSPS) is 11.5. The lowest BCUT2D eigenvalue weighted by Gasteiger charge is -2.26. The lowest BCUT2D eigenvalue weighted by molar-refractivity contribution is 1.10. The van der Waals surface area contributed by atoms with Gasteiger partial charge in [0.15, 0.2) is 0 Å². The van der Waals surface area contributed by atoms with E-state index in [2.05, 4.69) is 201 Å². The zero-order chi connectivity index (χ0) is 41.0. The molecule has 0 spiro atoms. The molecule has 0 saturated heterocycles. The van der Waals surface area contributed by atoms with Gasteiger partial charge in [0, 0.05) is 55.2 Å². The van der Waals surface area contributed by atoms with Crippen molar-refractivity contribution in [1.82, 2.24) is 29.1 Å². The molecule has 12 rings (SSSR count). The minimum Gasteiger partial charge on any atom is -0.311 e. The molecule has 0 atom stereocenters. The number of para-hydroxylation sites is 6. The van der Waals surface area contributed by atoms with Crippen molar-refractivity contribution in [1.29, 1.82) is 0 Å². The predicted molar refractivity (Wildman–Crippen MR) is 255 cm³/mol. The lowest BCUT2D eigenvalue weighted by atomic mass is 10.1. The molecule has 292 valence electrons. The lowest BCUT2D eigenvalue weighted by Crippen LogP contribution is -2.10. The highest BCUT2D eigenvalue weighted by molar-refractivity contribution is 7.26. The van der Waals surface area contributed by atoms with Crippen molar-refractivity contribution in [2.45, 2.75) is 0 Å². The number of fused-ring (bicyclic) bond motifs is 5. The number of benzene rings is 8. The minimum absolute atomic E-state index is 0.892. The van der Waals surface area contributed by atoms with E-state index in [9.17, 15) is 0 Å². The van der Waals surface area contributed by atoms with E-state index in [4.69, 9.17) is 15.0 Å². The molecular formula is C54H35N7S. The fourth-order valence-electron chi connectivity index (χ4n) is 8.58. The Hall–Kier alpha value is -8.20. The molecule has 8 heteroatoms. The molecule has 0 fully saturated rings. The van der Waals surface area contributed by atoms with E-state index in [0.29, 0.717) is 0 Å². The highest BCUT2D eigenvalue weighted by Gasteiger charge is 2.20. The Balaban J connectivity index is 0.969. The van der Waals surface area contributed by atoms with Gasteiger partial charge in [-0.1, -0.05) is 91.0 Å². The van der Waals surface area contributed by atoms with Gasteiger partial charge in [-0.3, -0.25) is 9.13 Å². The summed E-state index contributed by atoms with van der Waals surface area (Å²) >= 11 is 1.74. The number of imidazole rings is 2. The van der Waals surface area contributed by atoms with Crippen LogP contribution in [-0.2, 0) is 0 Å². The Labute approximate surface area is 361 Å². The Bertz CT molecular complexity index is 3390. The first-order chi connectivity index (χ1) is 30.7. The summed E-state index contributed by atoms with van der Waals surface area (Å²) in [6.07, 6.45) is 1.68. The fraction of sp³-hybridized carbons (Fsp3) is 0. The molecule has 0 bridgehead atoms. The molecule has 4 aromatic heterocycles. The van der Waals surface area contributed by atoms with Crippen LogP contribution in [0, 0.1) is 0 Å². The quantitative estimate of drug-likeness (QED) is 0.153. The number of aromatic nitrogens is 6. The molecule has 0 N–H and O–H groups in total. The van der Waals surface area contributed by atoms with E-state index >= 15 is 0 Å². The van der Waals surface area contributed by atoms with Crippen LogP contribution in [0.2, 0.25) is 0 Å². The molecule has 0 aliphatic carbocycles. The molecule has 0 amide bonds. The monoisotopic (exact) mass is 813 g/mol. The molecule has 0 radical (unpaired) electrons. The van der Waals surface area contributed by atoms with Gasteiger partial charge in [0.2, 0.25) is 0 Å². The Morgan fingerprint density at radius 1 is 0.403 bits per heavy atom. The molecule has 62 heavy (non-hydrogen) atoms. The second-order valence-corrected chi connectivity index (χ2v) is 16.2. The van der Waals surface area contributed by atoms with Crippen molar-refractivity contribution < 1.29 is 0 Å². The summed E-state index contributed by atoms with van der Waals surface area (Å²) in [5, 5.41) is 1.16. The average molecular weight is 814 g/mol. The maximum absolute atomic E-state index is 5.14. The summed E-state index contributed by atoms with van der Waals surface area (Å²) in [4.78, 5) is 22.1. The summed E-state index contributed by atoms with van der Waals surface area (Å²) in [7, 11) is 0. The van der Waals surface area contributed by atoms with Crippen LogP contribution >= 0.6 is 11.3 Å². The van der Waals surface area contributed by atoms with Crippen LogP contribution in [0.3, 0.4) is 0 Å². The first-order valence-corrected chi connectivity index (χ1v) is 21.4. The summed E-state index contributed by atoms with van der Waals surface area (Å²) < 4.78 is 6.77. The predicted octanol–water partition coefficient (Wildman–Crippen LogP) is 14.0. The molecule has 0 aliphatic rings. The van der Waals surface area contributed by atoms with Gasteiger partial charge >= 0.3 is 0 Å². The first-order valence-electron chi connectivity index (χ1n) is 20.5. The van der Waals surface area contributed by atoms with Gasteiger partial charge in [-0.05, 0) is 115 Å². The fourth-order valence-corrected chi connectivity index (χ4v) is 9.75. The van der Waals surface area contributed by atoms with E-state index in [0.717, 1.165) is 100 Å². The Morgan fingerprint density at radius 2 is 0.855 bits per heavy atom. The number of hydrogen-bond acceptors (Lipinski definition) is 6. The van der Waals surface area contributed by atoms with Crippen molar-refractivity contribution in [3.8, 4) is 45.4 Å². The second-order valence-electron chi connectivity index (χ2n) is 15.2. The minimum atomic E-state index is 0.892. The number of nitrogens with zero attached hydrogens (tertiary/aromatic N) is 7. The van der Waals surface area contributed by atoms with Gasteiger partial charge in [-0.2, -0.15) is 0 Å². The van der Waals surface area contributed by atoms with Crippen LogP contribution in [0.25, 0.3) is 87.8 Å². The van der Waals surface area contributed by atoms with Gasteiger partial charge < -0.3 is 4.90 Å². The van der Waals surface area contributed by atoms with E-state index in [1.54, 1.807) is 17.7 Å². The van der Waals surface area contributed by atoms with Crippen LogP contribution in [0.15, 0.2) is 213 Å². The summed E-state index contributed by atoms with van der Waals surface area (Å²) in [5.74, 6) is 1.78. The third kappa shape index (κ3) is 6.04. The molecular weight excluding hydrogens is 779 g/mol. The summed E-state index contributed by atoms with van der Waals surface area (Å²) in [5.41, 5.74) is 14.2. The molecule has 12 aromatic rings. The highest BCUT2D eigenvalue weighted by atomic mass is 32.1. The van der Waals surface area contributed by atoms with E-state index in [1.165, 1.54) is 4.70 Å². The van der Waals surface area contributed by atoms with Crippen molar-refractivity contribution >= 4 is 70.8 Å². The maximum Gasteiger partial charge on any atom is 0.145 e. The van der Waals surface area contributed by atoms with Gasteiger partial charge in [-0.25, -0.2) is 19.9 Å². The number of hydrogen-bond donors (Lipinski definition) is 0. The van der Waals surface area contributed by atoms with Crippen molar-refractivity contribution in [2.75, 3.05) is 4.90 Å². The van der Waals surface area contributed by atoms with Crippen LogP contribution < -0.4 is 4.90 Å². The third-order valence-electron chi connectivity index (χ3n) is 11.5. The Kier molecular flexibility index (Phi) is 8.53. The van der Waals surface area contributed by atoms with Crippen LogP contribution in [0.5, 0.6) is 0 Å². The maximum atomic E-state index is 5.14. The third-order valence-corrected chi connectivity index (χ3v) is 12.6. The van der Waals surface area contributed by atoms with E-state index in [1.807, 2.05) is 24.3 Å². The van der Waals surface area contributed by atoms with E-state index < -0.39 is 0 Å². The first kappa shape index (κ1) is 35.7. The van der Waals surface area contributed by atoms with Crippen molar-refractivity contribution in [3.63, 3.8) is 0 Å². The van der Waals surface area contributed by atoms with E-state index in [-0.39, 0.29) is 0 Å². The van der Waals surface area contributed by atoms with Gasteiger partial charge in [0.25, 0.3) is 0 Å². The molecule has 8 aromatic carbocycles. The topological polar surface area (TPSA) is 64.7 Å². The largest absolute Gasteiger partial charge is 0.311 e. The van der Waals surface area contributed by atoms with Crippen LogP contribution in [-0.4, -0.2) is 29.1 Å². The molecule has 0 saturated carbocycles. The van der Waals surface area contributed by atoms with Crippen LogP contribution in [0.4, 0.5) is 17.1 Å². The second kappa shape index (κ2) is 14.8. The SMILES string of the molecule is c1ccc(-n2c(-c3ccc(N(c4ccc(-c5ncnc6c5sc5ccccc56)cc4)c4ccc(-c5nc6ccccc6n5-c5ccccc5)cc4)cc3)nc3ccccc32)cc1. The molecule has 7 nitrogen and oxygen atoms in total. The summed E-state index contributed by atoms with van der Waals surface area (Å²) in [6.45, 7) is 0. The van der Waals surface area contributed by atoms with Gasteiger partial charge in [0.05, 0.1) is 38.0 Å². The summed E-state index contributed by atoms with van der Waals surface area (Å²) in [6, 6.07) is 72.1. The number of rotatable bonds is 8. The van der Waals surface area contributed by atoms with Gasteiger partial charge in [-0.15, -0.1) is 11.3 Å². The van der Waals surface area contributed by atoms with Crippen molar-refractivity contribution in [3.05, 3.63) is 213 Å². The zero-order valence-corrected chi connectivity index (χ0v) is 34.1. The number of anilines is 3. The molecule has 0 unspecified atom stereocenters. The van der Waals surface area contributed by atoms with Crippen molar-refractivity contribution in [2.24, 2.45) is 0 Å². The molecule has 0 aliphatic heterocycles. The highest BCUT2D eigenvalue weighted by Crippen LogP contribution is 2.41.